The monoisotopic (exact) mass is 334 g/mol. The SMILES string of the molecule is NCCCCCCC(=O)Nc1c(F)cc(Br)cc1F. The number of rotatable bonds is 7. The van der Waals surface area contributed by atoms with E-state index >= 15 is 0 Å². The topological polar surface area (TPSA) is 55.1 Å². The van der Waals surface area contributed by atoms with Gasteiger partial charge in [0.1, 0.15) is 5.69 Å². The quantitative estimate of drug-likeness (QED) is 0.749. The highest BCUT2D eigenvalue weighted by molar-refractivity contribution is 9.10. The largest absolute Gasteiger partial charge is 0.330 e. The molecule has 19 heavy (non-hydrogen) atoms. The average Bonchev–Trinajstić information content (AvgIpc) is 2.33. The van der Waals surface area contributed by atoms with E-state index in [9.17, 15) is 13.6 Å². The fourth-order valence-electron chi connectivity index (χ4n) is 1.65. The maximum absolute atomic E-state index is 13.5. The van der Waals surface area contributed by atoms with Crippen LogP contribution < -0.4 is 11.1 Å². The summed E-state index contributed by atoms with van der Waals surface area (Å²) in [5.41, 5.74) is 4.96. The van der Waals surface area contributed by atoms with Crippen LogP contribution in [-0.2, 0) is 4.79 Å². The molecular weight excluding hydrogens is 318 g/mol. The zero-order chi connectivity index (χ0) is 14.3. The third-order valence-electron chi connectivity index (χ3n) is 2.63. The van der Waals surface area contributed by atoms with Crippen molar-refractivity contribution in [2.24, 2.45) is 5.73 Å². The Balaban J connectivity index is 2.44. The van der Waals surface area contributed by atoms with Crippen LogP contribution in [0.3, 0.4) is 0 Å². The summed E-state index contributed by atoms with van der Waals surface area (Å²) in [7, 11) is 0. The first-order valence-corrected chi connectivity index (χ1v) is 6.98. The molecule has 0 heterocycles. The van der Waals surface area contributed by atoms with Crippen LogP contribution in [0.25, 0.3) is 0 Å². The molecule has 106 valence electrons. The van der Waals surface area contributed by atoms with Crippen molar-refractivity contribution in [2.75, 3.05) is 11.9 Å². The molecule has 6 heteroatoms. The van der Waals surface area contributed by atoms with Gasteiger partial charge in [-0.1, -0.05) is 28.8 Å². The van der Waals surface area contributed by atoms with Crippen LogP contribution >= 0.6 is 15.9 Å². The number of hydrogen-bond acceptors (Lipinski definition) is 2. The van der Waals surface area contributed by atoms with E-state index in [0.29, 0.717) is 17.4 Å². The third kappa shape index (κ3) is 5.65. The van der Waals surface area contributed by atoms with Crippen molar-refractivity contribution in [3.8, 4) is 0 Å². The van der Waals surface area contributed by atoms with Crippen LogP contribution in [0.2, 0.25) is 0 Å². The summed E-state index contributed by atoms with van der Waals surface area (Å²) >= 11 is 2.98. The lowest BCUT2D eigenvalue weighted by atomic mass is 10.1. The Morgan fingerprint density at radius 3 is 2.32 bits per heavy atom. The van der Waals surface area contributed by atoms with Gasteiger partial charge in [-0.3, -0.25) is 4.79 Å². The Morgan fingerprint density at radius 2 is 1.74 bits per heavy atom. The van der Waals surface area contributed by atoms with E-state index in [1.54, 1.807) is 0 Å². The highest BCUT2D eigenvalue weighted by atomic mass is 79.9. The molecule has 0 atom stereocenters. The number of hydrogen-bond donors (Lipinski definition) is 2. The fourth-order valence-corrected chi connectivity index (χ4v) is 2.05. The first-order valence-electron chi connectivity index (χ1n) is 6.19. The Labute approximate surface area is 119 Å². The van der Waals surface area contributed by atoms with Crippen LogP contribution in [0, 0.1) is 11.6 Å². The van der Waals surface area contributed by atoms with Gasteiger partial charge in [-0.2, -0.15) is 0 Å². The highest BCUT2D eigenvalue weighted by Gasteiger charge is 2.13. The molecule has 3 nitrogen and oxygen atoms in total. The van der Waals surface area contributed by atoms with Gasteiger partial charge in [0.2, 0.25) is 5.91 Å². The van der Waals surface area contributed by atoms with Gasteiger partial charge in [0.15, 0.2) is 11.6 Å². The van der Waals surface area contributed by atoms with Gasteiger partial charge in [0.25, 0.3) is 0 Å². The average molecular weight is 335 g/mol. The second-order valence-electron chi connectivity index (χ2n) is 4.25. The van der Waals surface area contributed by atoms with Crippen molar-refractivity contribution in [3.63, 3.8) is 0 Å². The lowest BCUT2D eigenvalue weighted by Gasteiger charge is -2.08. The predicted octanol–water partition coefficient (Wildman–Crippen LogP) is 3.58. The standard InChI is InChI=1S/C13H17BrF2N2O/c14-9-7-10(15)13(11(16)8-9)18-12(19)5-3-1-2-4-6-17/h7-8H,1-6,17H2,(H,18,19). The molecule has 3 N–H and O–H groups in total. The van der Waals surface area contributed by atoms with Crippen molar-refractivity contribution < 1.29 is 13.6 Å². The van der Waals surface area contributed by atoms with E-state index < -0.39 is 17.3 Å². The Bertz CT molecular complexity index is 418. The molecule has 1 rings (SSSR count). The summed E-state index contributed by atoms with van der Waals surface area (Å²) in [6, 6.07) is 2.22. The molecule has 0 unspecified atom stereocenters. The van der Waals surface area contributed by atoms with Gasteiger partial charge >= 0.3 is 0 Å². The molecule has 1 aromatic carbocycles. The van der Waals surface area contributed by atoms with Crippen LogP contribution in [-0.4, -0.2) is 12.5 Å². The van der Waals surface area contributed by atoms with Crippen molar-refractivity contribution in [1.29, 1.82) is 0 Å². The Morgan fingerprint density at radius 1 is 1.16 bits per heavy atom. The summed E-state index contributed by atoms with van der Waals surface area (Å²) < 4.78 is 27.2. The lowest BCUT2D eigenvalue weighted by molar-refractivity contribution is -0.116. The predicted molar refractivity (Wildman–Crippen MR) is 74.8 cm³/mol. The smallest absolute Gasteiger partial charge is 0.224 e. The van der Waals surface area contributed by atoms with E-state index in [1.165, 1.54) is 0 Å². The van der Waals surface area contributed by atoms with Crippen LogP contribution in [0.15, 0.2) is 16.6 Å². The second-order valence-corrected chi connectivity index (χ2v) is 5.16. The molecule has 0 saturated carbocycles. The minimum absolute atomic E-state index is 0.250. The molecule has 0 spiro atoms. The maximum Gasteiger partial charge on any atom is 0.224 e. The molecule has 0 bridgehead atoms. The third-order valence-corrected chi connectivity index (χ3v) is 3.09. The van der Waals surface area contributed by atoms with Gasteiger partial charge in [0.05, 0.1) is 0 Å². The molecule has 0 radical (unpaired) electrons. The molecule has 0 aliphatic rings. The number of amides is 1. The highest BCUT2D eigenvalue weighted by Crippen LogP contribution is 2.24. The normalized spacial score (nSPS) is 10.5. The van der Waals surface area contributed by atoms with Gasteiger partial charge in [-0.25, -0.2) is 8.78 Å². The van der Waals surface area contributed by atoms with Gasteiger partial charge in [-0.05, 0) is 31.5 Å². The van der Waals surface area contributed by atoms with Crippen molar-refractivity contribution in [3.05, 3.63) is 28.2 Å². The number of nitrogens with two attached hydrogens (primary N) is 1. The second kappa shape index (κ2) is 8.22. The molecule has 0 fully saturated rings. The van der Waals surface area contributed by atoms with E-state index in [-0.39, 0.29) is 12.3 Å². The number of anilines is 1. The number of halogens is 3. The Hall–Kier alpha value is -1.01. The summed E-state index contributed by atoms with van der Waals surface area (Å²) in [6.45, 7) is 0.640. The summed E-state index contributed by atoms with van der Waals surface area (Å²) in [5, 5.41) is 2.26. The van der Waals surface area contributed by atoms with Crippen molar-refractivity contribution in [2.45, 2.75) is 32.1 Å². The van der Waals surface area contributed by atoms with Crippen LogP contribution in [0.1, 0.15) is 32.1 Å². The maximum atomic E-state index is 13.5. The fraction of sp³-hybridized carbons (Fsp3) is 0.462. The van der Waals surface area contributed by atoms with Gasteiger partial charge in [-0.15, -0.1) is 0 Å². The number of unbranched alkanes of at least 4 members (excludes halogenated alkanes) is 3. The van der Waals surface area contributed by atoms with Gasteiger partial charge in [0, 0.05) is 10.9 Å². The summed E-state index contributed by atoms with van der Waals surface area (Å²) in [5.74, 6) is -1.96. The first kappa shape index (κ1) is 16.0. The number of carbonyl (C=O) groups is 1. The minimum Gasteiger partial charge on any atom is -0.330 e. The minimum atomic E-state index is -0.789. The summed E-state index contributed by atoms with van der Waals surface area (Å²) in [6.07, 6.45) is 3.71. The zero-order valence-electron chi connectivity index (χ0n) is 10.5. The lowest BCUT2D eigenvalue weighted by Crippen LogP contribution is -2.13. The number of carbonyl (C=O) groups excluding carboxylic acids is 1. The molecule has 0 saturated heterocycles. The number of nitrogens with one attached hydrogen (secondary N) is 1. The van der Waals surface area contributed by atoms with Crippen molar-refractivity contribution >= 4 is 27.5 Å². The molecule has 0 aromatic heterocycles. The Kier molecular flexibility index (Phi) is 6.94. The van der Waals surface area contributed by atoms with E-state index in [0.717, 1.165) is 31.4 Å². The van der Waals surface area contributed by atoms with Gasteiger partial charge < -0.3 is 11.1 Å². The number of benzene rings is 1. The zero-order valence-corrected chi connectivity index (χ0v) is 12.1. The first-order chi connectivity index (χ1) is 9.04. The van der Waals surface area contributed by atoms with Crippen molar-refractivity contribution in [1.82, 2.24) is 0 Å². The molecule has 1 aromatic rings. The van der Waals surface area contributed by atoms with E-state index in [4.69, 9.17) is 5.73 Å². The molecular formula is C13H17BrF2N2O. The molecule has 1 amide bonds. The van der Waals surface area contributed by atoms with E-state index in [1.807, 2.05) is 0 Å². The van der Waals surface area contributed by atoms with E-state index in [2.05, 4.69) is 21.2 Å². The summed E-state index contributed by atoms with van der Waals surface area (Å²) in [4.78, 5) is 11.6. The van der Waals surface area contributed by atoms with Crippen LogP contribution in [0.5, 0.6) is 0 Å². The molecule has 0 aliphatic carbocycles. The molecule has 0 aliphatic heterocycles. The van der Waals surface area contributed by atoms with Crippen LogP contribution in [0.4, 0.5) is 14.5 Å².